The number of phenolic OH excluding ortho intramolecular Hbond substituents is 3. The number of phenols is 3. The van der Waals surface area contributed by atoms with Crippen molar-refractivity contribution in [2.75, 3.05) is 0 Å². The standard InChI is InChI=1S/C23H24O5/c1-13(2)6-4-7-14(3)10-11-15-18(25)12-19-20(21(15)26)22(27)16-8-5-9-17(24)23(16)28-19/h5-6,8-10,12,24-26H,4,7,11H2,1-3H3/b14-10+. The van der Waals surface area contributed by atoms with Gasteiger partial charge in [-0.2, -0.15) is 0 Å². The molecule has 0 atom stereocenters. The summed E-state index contributed by atoms with van der Waals surface area (Å²) in [4.78, 5) is 12.8. The maximum Gasteiger partial charge on any atom is 0.204 e. The highest BCUT2D eigenvalue weighted by molar-refractivity contribution is 5.96. The van der Waals surface area contributed by atoms with E-state index < -0.39 is 5.43 Å². The summed E-state index contributed by atoms with van der Waals surface area (Å²) in [6.07, 6.45) is 6.21. The van der Waals surface area contributed by atoms with Crippen LogP contribution < -0.4 is 5.43 Å². The monoisotopic (exact) mass is 380 g/mol. The fourth-order valence-corrected chi connectivity index (χ4v) is 3.20. The lowest BCUT2D eigenvalue weighted by atomic mass is 10.0. The molecule has 1 aromatic heterocycles. The van der Waals surface area contributed by atoms with Gasteiger partial charge in [-0.05, 0) is 52.2 Å². The minimum absolute atomic E-state index is 0.00138. The third-order valence-electron chi connectivity index (χ3n) is 4.77. The predicted molar refractivity (Wildman–Crippen MR) is 111 cm³/mol. The zero-order valence-electron chi connectivity index (χ0n) is 16.2. The Kier molecular flexibility index (Phi) is 5.45. The first-order chi connectivity index (χ1) is 13.3. The van der Waals surface area contributed by atoms with Gasteiger partial charge in [-0.15, -0.1) is 0 Å². The molecule has 3 aromatic rings. The van der Waals surface area contributed by atoms with E-state index in [1.165, 1.54) is 29.8 Å². The second kappa shape index (κ2) is 7.80. The third kappa shape index (κ3) is 3.74. The topological polar surface area (TPSA) is 90.9 Å². The van der Waals surface area contributed by atoms with Crippen molar-refractivity contribution in [3.63, 3.8) is 0 Å². The van der Waals surface area contributed by atoms with Crippen molar-refractivity contribution >= 4 is 21.9 Å². The molecule has 3 N–H and O–H groups in total. The first-order valence-corrected chi connectivity index (χ1v) is 9.21. The molecule has 5 nitrogen and oxygen atoms in total. The number of fused-ring (bicyclic) bond motifs is 2. The Bertz CT molecular complexity index is 1160. The van der Waals surface area contributed by atoms with Crippen molar-refractivity contribution in [3.8, 4) is 17.2 Å². The molecule has 1 heterocycles. The summed E-state index contributed by atoms with van der Waals surface area (Å²) in [6.45, 7) is 6.11. The molecule has 0 bridgehead atoms. The number of hydrogen-bond donors (Lipinski definition) is 3. The highest BCUT2D eigenvalue weighted by Crippen LogP contribution is 2.37. The van der Waals surface area contributed by atoms with Crippen LogP contribution in [0.1, 0.15) is 39.2 Å². The Hall–Kier alpha value is -3.21. The van der Waals surface area contributed by atoms with Gasteiger partial charge in [0.25, 0.3) is 0 Å². The molecular formula is C23H24O5. The molecule has 3 rings (SSSR count). The fourth-order valence-electron chi connectivity index (χ4n) is 3.20. The lowest BCUT2D eigenvalue weighted by molar-refractivity contribution is 0.442. The molecule has 28 heavy (non-hydrogen) atoms. The summed E-state index contributed by atoms with van der Waals surface area (Å²) in [5, 5.41) is 31.1. The Morgan fingerprint density at radius 2 is 1.82 bits per heavy atom. The molecule has 0 spiro atoms. The summed E-state index contributed by atoms with van der Waals surface area (Å²) < 4.78 is 5.58. The van der Waals surface area contributed by atoms with Crippen molar-refractivity contribution in [1.82, 2.24) is 0 Å². The highest BCUT2D eigenvalue weighted by Gasteiger charge is 2.19. The smallest absolute Gasteiger partial charge is 0.204 e. The zero-order valence-corrected chi connectivity index (χ0v) is 16.2. The minimum atomic E-state index is -0.449. The van der Waals surface area contributed by atoms with Gasteiger partial charge in [0.1, 0.15) is 22.5 Å². The lowest BCUT2D eigenvalue weighted by Crippen LogP contribution is -2.04. The Balaban J connectivity index is 2.05. The Morgan fingerprint density at radius 3 is 2.54 bits per heavy atom. The van der Waals surface area contributed by atoms with Crippen LogP contribution in [-0.4, -0.2) is 15.3 Å². The van der Waals surface area contributed by atoms with E-state index in [0.29, 0.717) is 6.42 Å². The number of allylic oxidation sites excluding steroid dienone is 4. The van der Waals surface area contributed by atoms with Crippen LogP contribution >= 0.6 is 0 Å². The Morgan fingerprint density at radius 1 is 1.07 bits per heavy atom. The molecule has 5 heteroatoms. The van der Waals surface area contributed by atoms with Crippen LogP contribution in [0.2, 0.25) is 0 Å². The third-order valence-corrected chi connectivity index (χ3v) is 4.77. The summed E-state index contributed by atoms with van der Waals surface area (Å²) in [5.74, 6) is -0.618. The van der Waals surface area contributed by atoms with Gasteiger partial charge in [-0.25, -0.2) is 0 Å². The fraction of sp³-hybridized carbons (Fsp3) is 0.261. The van der Waals surface area contributed by atoms with Crippen LogP contribution in [-0.2, 0) is 6.42 Å². The molecule has 0 saturated carbocycles. The van der Waals surface area contributed by atoms with Gasteiger partial charge in [-0.3, -0.25) is 4.79 Å². The van der Waals surface area contributed by atoms with Crippen molar-refractivity contribution in [2.24, 2.45) is 0 Å². The first kappa shape index (κ1) is 19.5. The van der Waals surface area contributed by atoms with Gasteiger partial charge in [0.2, 0.25) is 5.43 Å². The van der Waals surface area contributed by atoms with Gasteiger partial charge in [-0.1, -0.05) is 29.4 Å². The average Bonchev–Trinajstić information content (AvgIpc) is 2.62. The van der Waals surface area contributed by atoms with Crippen molar-refractivity contribution < 1.29 is 19.7 Å². The van der Waals surface area contributed by atoms with Crippen molar-refractivity contribution in [2.45, 2.75) is 40.0 Å². The number of benzene rings is 2. The van der Waals surface area contributed by atoms with E-state index in [1.807, 2.05) is 13.0 Å². The summed E-state index contributed by atoms with van der Waals surface area (Å²) >= 11 is 0. The van der Waals surface area contributed by atoms with Crippen molar-refractivity contribution in [3.05, 3.63) is 63.4 Å². The molecule has 0 amide bonds. The number of hydrogen-bond acceptors (Lipinski definition) is 5. The molecule has 0 aliphatic heterocycles. The zero-order chi connectivity index (χ0) is 20.4. The van der Waals surface area contributed by atoms with E-state index in [4.69, 9.17) is 4.42 Å². The molecule has 0 aliphatic carbocycles. The summed E-state index contributed by atoms with van der Waals surface area (Å²) in [6, 6.07) is 5.79. The quantitative estimate of drug-likeness (QED) is 0.413. The maximum atomic E-state index is 12.8. The van der Waals surface area contributed by atoms with Crippen LogP contribution in [0.4, 0.5) is 0 Å². The van der Waals surface area contributed by atoms with Gasteiger partial charge in [0, 0.05) is 11.6 Å². The van der Waals surface area contributed by atoms with Crippen LogP contribution in [0.3, 0.4) is 0 Å². The molecule has 0 radical (unpaired) electrons. The second-order valence-electron chi connectivity index (χ2n) is 7.26. The second-order valence-corrected chi connectivity index (χ2v) is 7.26. The van der Waals surface area contributed by atoms with Crippen molar-refractivity contribution in [1.29, 1.82) is 0 Å². The molecular weight excluding hydrogens is 356 g/mol. The molecule has 2 aromatic carbocycles. The molecule has 146 valence electrons. The van der Waals surface area contributed by atoms with E-state index in [9.17, 15) is 20.1 Å². The van der Waals surface area contributed by atoms with Crippen LogP contribution in [0.15, 0.2) is 56.8 Å². The average molecular weight is 380 g/mol. The van der Waals surface area contributed by atoms with Crippen LogP contribution in [0.5, 0.6) is 17.2 Å². The minimum Gasteiger partial charge on any atom is -0.507 e. The largest absolute Gasteiger partial charge is 0.507 e. The summed E-state index contributed by atoms with van der Waals surface area (Å²) in [5.41, 5.74) is 2.29. The summed E-state index contributed by atoms with van der Waals surface area (Å²) in [7, 11) is 0. The van der Waals surface area contributed by atoms with E-state index >= 15 is 0 Å². The number of rotatable bonds is 5. The van der Waals surface area contributed by atoms with Gasteiger partial charge < -0.3 is 19.7 Å². The molecule has 0 aliphatic rings. The number of para-hydroxylation sites is 1. The van der Waals surface area contributed by atoms with E-state index in [1.54, 1.807) is 0 Å². The maximum absolute atomic E-state index is 12.8. The SMILES string of the molecule is CC(C)=CCC/C(C)=C/Cc1c(O)cc2oc3c(O)cccc3c(=O)c2c1O. The van der Waals surface area contributed by atoms with Crippen LogP contribution in [0, 0.1) is 0 Å². The molecule has 0 saturated heterocycles. The normalized spacial score (nSPS) is 11.9. The molecule has 0 fully saturated rings. The highest BCUT2D eigenvalue weighted by atomic mass is 16.4. The van der Waals surface area contributed by atoms with E-state index in [2.05, 4.69) is 19.9 Å². The van der Waals surface area contributed by atoms with Gasteiger partial charge in [0.15, 0.2) is 11.3 Å². The first-order valence-electron chi connectivity index (χ1n) is 9.21. The molecule has 0 unspecified atom stereocenters. The number of aromatic hydroxyl groups is 3. The van der Waals surface area contributed by atoms with Crippen LogP contribution in [0.25, 0.3) is 21.9 Å². The predicted octanol–water partition coefficient (Wildman–Crippen LogP) is 5.30. The Labute approximate surface area is 162 Å². The van der Waals surface area contributed by atoms with E-state index in [-0.39, 0.29) is 44.8 Å². The lowest BCUT2D eigenvalue weighted by Gasteiger charge is -2.10. The van der Waals surface area contributed by atoms with E-state index in [0.717, 1.165) is 18.4 Å². The van der Waals surface area contributed by atoms with Gasteiger partial charge in [0.05, 0.1) is 5.39 Å². The van der Waals surface area contributed by atoms with Gasteiger partial charge >= 0.3 is 0 Å².